The summed E-state index contributed by atoms with van der Waals surface area (Å²) in [5.74, 6) is -0.910. The number of carbonyl (C=O) groups excluding carboxylic acids is 2. The zero-order valence-corrected chi connectivity index (χ0v) is 23.4. The fraction of sp³-hybridized carbons (Fsp3) is 0.417. The van der Waals surface area contributed by atoms with Gasteiger partial charge in [-0.2, -0.15) is 0 Å². The van der Waals surface area contributed by atoms with E-state index in [1.165, 1.54) is 17.0 Å². The number of hydrogen-bond acceptors (Lipinski definition) is 4. The molecule has 1 N–H and O–H groups in total. The largest absolute Gasteiger partial charge is 0.352 e. The Bertz CT molecular complexity index is 1190. The first-order valence-electron chi connectivity index (χ1n) is 11.0. The second-order valence-corrected chi connectivity index (χ2v) is 11.6. The minimum Gasteiger partial charge on any atom is -0.352 e. The van der Waals surface area contributed by atoms with Crippen LogP contribution in [0.1, 0.15) is 38.3 Å². The van der Waals surface area contributed by atoms with Crippen LogP contribution in [0, 0.1) is 6.92 Å². The van der Waals surface area contributed by atoms with Crippen LogP contribution in [0.3, 0.4) is 0 Å². The average molecular weight is 563 g/mol. The van der Waals surface area contributed by atoms with Crippen molar-refractivity contribution in [3.8, 4) is 0 Å². The predicted molar refractivity (Wildman–Crippen MR) is 143 cm³/mol. The number of hydrogen-bond donors (Lipinski definition) is 1. The second kappa shape index (κ2) is 12.3. The van der Waals surface area contributed by atoms with Gasteiger partial charge in [-0.05, 0) is 50.5 Å². The van der Waals surface area contributed by atoms with E-state index in [1.54, 1.807) is 6.92 Å². The molecule has 192 valence electrons. The molecule has 0 aliphatic rings. The van der Waals surface area contributed by atoms with Gasteiger partial charge in [0.15, 0.2) is 0 Å². The number of benzene rings is 2. The van der Waals surface area contributed by atoms with Gasteiger partial charge in [-0.1, -0.05) is 66.0 Å². The van der Waals surface area contributed by atoms with Crippen LogP contribution < -0.4 is 9.62 Å². The van der Waals surface area contributed by atoms with E-state index in [0.717, 1.165) is 28.1 Å². The van der Waals surface area contributed by atoms with Gasteiger partial charge in [0, 0.05) is 12.6 Å². The summed E-state index contributed by atoms with van der Waals surface area (Å²) in [7, 11) is -3.95. The monoisotopic (exact) mass is 561 g/mol. The Kier molecular flexibility index (Phi) is 10.3. The summed E-state index contributed by atoms with van der Waals surface area (Å²) >= 11 is 18.4. The lowest BCUT2D eigenvalue weighted by molar-refractivity contribution is -0.139. The number of carbonyl (C=O) groups is 2. The van der Waals surface area contributed by atoms with Crippen molar-refractivity contribution in [3.63, 3.8) is 0 Å². The molecule has 2 rings (SSSR count). The van der Waals surface area contributed by atoms with Gasteiger partial charge in [0.25, 0.3) is 0 Å². The highest BCUT2D eigenvalue weighted by Crippen LogP contribution is 2.35. The highest BCUT2D eigenvalue weighted by atomic mass is 35.5. The van der Waals surface area contributed by atoms with E-state index in [9.17, 15) is 18.0 Å². The van der Waals surface area contributed by atoms with E-state index in [0.29, 0.717) is 0 Å². The Balaban J connectivity index is 2.47. The van der Waals surface area contributed by atoms with E-state index < -0.39 is 28.5 Å². The van der Waals surface area contributed by atoms with Crippen molar-refractivity contribution in [3.05, 3.63) is 62.6 Å². The number of aryl methyl sites for hydroxylation is 1. The van der Waals surface area contributed by atoms with Crippen molar-refractivity contribution in [2.45, 2.75) is 52.7 Å². The Labute approximate surface area is 222 Å². The summed E-state index contributed by atoms with van der Waals surface area (Å²) in [4.78, 5) is 27.9. The van der Waals surface area contributed by atoms with Crippen LogP contribution in [0.2, 0.25) is 15.1 Å². The Morgan fingerprint density at radius 1 is 1.03 bits per heavy atom. The third-order valence-electron chi connectivity index (χ3n) is 5.71. The third-order valence-corrected chi connectivity index (χ3v) is 7.86. The second-order valence-electron chi connectivity index (χ2n) is 8.43. The van der Waals surface area contributed by atoms with Gasteiger partial charge in [0.2, 0.25) is 21.8 Å². The van der Waals surface area contributed by atoms with Gasteiger partial charge >= 0.3 is 0 Å². The first-order valence-corrected chi connectivity index (χ1v) is 14.0. The van der Waals surface area contributed by atoms with E-state index >= 15 is 0 Å². The molecule has 0 spiro atoms. The number of nitrogens with zero attached hydrogens (tertiary/aromatic N) is 2. The van der Waals surface area contributed by atoms with Gasteiger partial charge in [0.05, 0.1) is 27.0 Å². The zero-order chi connectivity index (χ0) is 26.5. The zero-order valence-electron chi connectivity index (χ0n) is 20.3. The molecule has 0 aliphatic carbocycles. The number of anilines is 1. The first-order chi connectivity index (χ1) is 16.3. The maximum Gasteiger partial charge on any atom is 0.244 e. The van der Waals surface area contributed by atoms with Gasteiger partial charge in [-0.15, -0.1) is 0 Å². The lowest BCUT2D eigenvalue weighted by Crippen LogP contribution is -2.52. The molecule has 0 saturated heterocycles. The van der Waals surface area contributed by atoms with Crippen molar-refractivity contribution >= 4 is 62.3 Å². The Morgan fingerprint density at radius 2 is 1.63 bits per heavy atom. The van der Waals surface area contributed by atoms with Crippen LogP contribution in [0.15, 0.2) is 36.4 Å². The highest BCUT2D eigenvalue weighted by molar-refractivity contribution is 7.92. The number of nitrogens with one attached hydrogen (secondary N) is 1. The first kappa shape index (κ1) is 29.2. The van der Waals surface area contributed by atoms with Crippen molar-refractivity contribution in [1.29, 1.82) is 0 Å². The fourth-order valence-electron chi connectivity index (χ4n) is 3.32. The predicted octanol–water partition coefficient (Wildman–Crippen LogP) is 5.05. The molecule has 2 aromatic rings. The van der Waals surface area contributed by atoms with Crippen molar-refractivity contribution in [2.24, 2.45) is 0 Å². The molecule has 11 heteroatoms. The summed E-state index contributed by atoms with van der Waals surface area (Å²) in [5.41, 5.74) is 1.79. The van der Waals surface area contributed by atoms with Crippen molar-refractivity contribution in [2.75, 3.05) is 17.1 Å². The molecule has 0 unspecified atom stereocenters. The SMILES string of the molecule is CC[C@@H](C)NC(=O)[C@H](C)N(Cc1ccccc1C)C(=O)CN(c1cc(Cl)c(Cl)cc1Cl)S(C)(=O)=O. The highest BCUT2D eigenvalue weighted by Gasteiger charge is 2.31. The topological polar surface area (TPSA) is 86.8 Å². The summed E-state index contributed by atoms with van der Waals surface area (Å²) in [6, 6.07) is 9.15. The average Bonchev–Trinajstić information content (AvgIpc) is 2.78. The molecule has 0 heterocycles. The van der Waals surface area contributed by atoms with Crippen LogP contribution in [-0.2, 0) is 26.2 Å². The Morgan fingerprint density at radius 3 is 2.20 bits per heavy atom. The molecule has 2 aromatic carbocycles. The van der Waals surface area contributed by atoms with Crippen LogP contribution in [0.25, 0.3) is 0 Å². The molecule has 0 aliphatic heterocycles. The minimum atomic E-state index is -3.95. The molecule has 0 saturated carbocycles. The summed E-state index contributed by atoms with van der Waals surface area (Å²) in [6.07, 6.45) is 1.69. The van der Waals surface area contributed by atoms with Crippen molar-refractivity contribution in [1.82, 2.24) is 10.2 Å². The van der Waals surface area contributed by atoms with Gasteiger partial charge < -0.3 is 10.2 Å². The maximum absolute atomic E-state index is 13.6. The van der Waals surface area contributed by atoms with Crippen LogP contribution in [0.4, 0.5) is 5.69 Å². The summed E-state index contributed by atoms with van der Waals surface area (Å²) in [5, 5.41) is 3.14. The molecule has 0 bridgehead atoms. The van der Waals surface area contributed by atoms with Crippen molar-refractivity contribution < 1.29 is 18.0 Å². The third kappa shape index (κ3) is 7.74. The molecular formula is C24H30Cl3N3O4S. The maximum atomic E-state index is 13.6. The fourth-order valence-corrected chi connectivity index (χ4v) is 4.86. The molecule has 0 fully saturated rings. The molecule has 7 nitrogen and oxygen atoms in total. The van der Waals surface area contributed by atoms with E-state index in [2.05, 4.69) is 5.32 Å². The van der Waals surface area contributed by atoms with E-state index in [1.807, 2.05) is 45.0 Å². The Hall–Kier alpha value is -2.00. The molecule has 2 atom stereocenters. The van der Waals surface area contributed by atoms with Gasteiger partial charge in [-0.3, -0.25) is 13.9 Å². The molecule has 0 aromatic heterocycles. The number of amides is 2. The molecule has 0 radical (unpaired) electrons. The molecule has 2 amide bonds. The number of sulfonamides is 1. The van der Waals surface area contributed by atoms with Crippen LogP contribution >= 0.6 is 34.8 Å². The van der Waals surface area contributed by atoms with Gasteiger partial charge in [0.1, 0.15) is 12.6 Å². The number of rotatable bonds is 10. The lowest BCUT2D eigenvalue weighted by Gasteiger charge is -2.32. The number of halogens is 3. The van der Waals surface area contributed by atoms with Gasteiger partial charge in [-0.25, -0.2) is 8.42 Å². The normalized spacial score (nSPS) is 13.1. The van der Waals surface area contributed by atoms with E-state index in [-0.39, 0.29) is 39.2 Å². The minimum absolute atomic E-state index is 0.0180. The quantitative estimate of drug-likeness (QED) is 0.411. The smallest absolute Gasteiger partial charge is 0.244 e. The standard InChI is InChI=1S/C24H30Cl3N3O4S/c1-6-16(3)28-24(32)17(4)29(13-18-10-8-7-9-15(18)2)23(31)14-30(35(5,33)34)22-12-20(26)19(25)11-21(22)27/h7-12,16-17H,6,13-14H2,1-5H3,(H,28,32)/t16-,17+/m1/s1. The lowest BCUT2D eigenvalue weighted by atomic mass is 10.1. The summed E-state index contributed by atoms with van der Waals surface area (Å²) in [6.45, 7) is 6.87. The van der Waals surface area contributed by atoms with Crippen LogP contribution in [-0.4, -0.2) is 50.0 Å². The summed E-state index contributed by atoms with van der Waals surface area (Å²) < 4.78 is 26.2. The van der Waals surface area contributed by atoms with E-state index in [4.69, 9.17) is 34.8 Å². The molecule has 35 heavy (non-hydrogen) atoms. The van der Waals surface area contributed by atoms with Crippen LogP contribution in [0.5, 0.6) is 0 Å². The molecular weight excluding hydrogens is 533 g/mol.